The predicted octanol–water partition coefficient (Wildman–Crippen LogP) is 4.01. The number of amides is 3. The highest BCUT2D eigenvalue weighted by atomic mass is 79.9. The topological polar surface area (TPSA) is 61.4 Å². The number of carbonyl (C=O) groups excluding carboxylic acids is 2. The quantitative estimate of drug-likeness (QED) is 0.791. The van der Waals surface area contributed by atoms with Crippen molar-refractivity contribution >= 4 is 33.6 Å². The second kappa shape index (κ2) is 8.85. The van der Waals surface area contributed by atoms with E-state index in [1.807, 2.05) is 54.6 Å². The van der Waals surface area contributed by atoms with Gasteiger partial charge in [0.25, 0.3) is 0 Å². The van der Waals surface area contributed by atoms with E-state index in [1.54, 1.807) is 4.90 Å². The lowest BCUT2D eigenvalue weighted by molar-refractivity contribution is -0.121. The first-order chi connectivity index (χ1) is 12.6. The molecule has 2 N–H and O–H groups in total. The number of anilines is 1. The van der Waals surface area contributed by atoms with Gasteiger partial charge in [0.05, 0.1) is 0 Å². The maximum Gasteiger partial charge on any atom is 0.317 e. The number of rotatable bonds is 4. The fraction of sp³-hybridized carbons (Fsp3) is 0.300. The molecular formula is C20H22BrN3O2. The van der Waals surface area contributed by atoms with E-state index in [1.165, 1.54) is 0 Å². The summed E-state index contributed by atoms with van der Waals surface area (Å²) in [5.74, 6) is -0.0338. The zero-order chi connectivity index (χ0) is 18.4. The number of carbonyl (C=O) groups is 2. The van der Waals surface area contributed by atoms with Gasteiger partial charge in [-0.15, -0.1) is 0 Å². The third-order valence-electron chi connectivity index (χ3n) is 4.55. The number of nitrogens with one attached hydrogen (secondary N) is 2. The Labute approximate surface area is 161 Å². The van der Waals surface area contributed by atoms with E-state index in [0.29, 0.717) is 32.5 Å². The normalized spacial score (nSPS) is 14.7. The van der Waals surface area contributed by atoms with Crippen LogP contribution in [0.25, 0.3) is 0 Å². The van der Waals surface area contributed by atoms with E-state index in [-0.39, 0.29) is 17.9 Å². The van der Waals surface area contributed by atoms with Crippen LogP contribution in [0, 0.1) is 5.92 Å². The molecule has 0 spiro atoms. The summed E-state index contributed by atoms with van der Waals surface area (Å²) in [5, 5.41) is 5.89. The molecule has 1 aliphatic rings. The fourth-order valence-electron chi connectivity index (χ4n) is 3.01. The van der Waals surface area contributed by atoms with Crippen molar-refractivity contribution in [1.82, 2.24) is 10.2 Å². The number of halogens is 1. The first kappa shape index (κ1) is 18.5. The van der Waals surface area contributed by atoms with Crippen LogP contribution in [0.1, 0.15) is 18.4 Å². The van der Waals surface area contributed by atoms with E-state index in [4.69, 9.17) is 0 Å². The van der Waals surface area contributed by atoms with Gasteiger partial charge in [0.1, 0.15) is 0 Å². The average Bonchev–Trinajstić information content (AvgIpc) is 2.69. The van der Waals surface area contributed by atoms with E-state index in [0.717, 1.165) is 15.7 Å². The standard InChI is InChI=1S/C20H22BrN3O2/c21-17-6-8-18(9-7-17)23-19(25)16-10-12-24(13-11-16)20(26)22-14-15-4-2-1-3-5-15/h1-9,16H,10-14H2,(H,22,26)(H,23,25). The van der Waals surface area contributed by atoms with E-state index < -0.39 is 0 Å². The lowest BCUT2D eigenvalue weighted by Crippen LogP contribution is -2.45. The summed E-state index contributed by atoms with van der Waals surface area (Å²) in [6.45, 7) is 1.71. The van der Waals surface area contributed by atoms with Gasteiger partial charge in [-0.05, 0) is 42.7 Å². The lowest BCUT2D eigenvalue weighted by Gasteiger charge is -2.31. The van der Waals surface area contributed by atoms with Crippen molar-refractivity contribution in [3.63, 3.8) is 0 Å². The van der Waals surface area contributed by atoms with E-state index in [9.17, 15) is 9.59 Å². The Morgan fingerprint density at radius 2 is 1.65 bits per heavy atom. The van der Waals surface area contributed by atoms with Crippen molar-refractivity contribution in [1.29, 1.82) is 0 Å². The van der Waals surface area contributed by atoms with Crippen LogP contribution in [-0.4, -0.2) is 29.9 Å². The fourth-order valence-corrected chi connectivity index (χ4v) is 3.27. The number of hydrogen-bond acceptors (Lipinski definition) is 2. The summed E-state index contributed by atoms with van der Waals surface area (Å²) in [5.41, 5.74) is 1.87. The van der Waals surface area contributed by atoms with Gasteiger partial charge in [0.2, 0.25) is 5.91 Å². The second-order valence-electron chi connectivity index (χ2n) is 6.40. The summed E-state index contributed by atoms with van der Waals surface area (Å²) in [7, 11) is 0. The molecule has 5 nitrogen and oxygen atoms in total. The van der Waals surface area contributed by atoms with Gasteiger partial charge in [-0.25, -0.2) is 4.79 Å². The van der Waals surface area contributed by atoms with Crippen LogP contribution in [0.3, 0.4) is 0 Å². The molecule has 136 valence electrons. The van der Waals surface area contributed by atoms with Gasteiger partial charge in [0.15, 0.2) is 0 Å². The highest BCUT2D eigenvalue weighted by molar-refractivity contribution is 9.10. The molecule has 2 aromatic carbocycles. The Kier molecular flexibility index (Phi) is 6.28. The molecule has 1 saturated heterocycles. The molecule has 0 bridgehead atoms. The van der Waals surface area contributed by atoms with Gasteiger partial charge < -0.3 is 15.5 Å². The van der Waals surface area contributed by atoms with Crippen molar-refractivity contribution in [2.24, 2.45) is 5.92 Å². The van der Waals surface area contributed by atoms with Gasteiger partial charge in [-0.2, -0.15) is 0 Å². The Morgan fingerprint density at radius 1 is 1.00 bits per heavy atom. The predicted molar refractivity (Wildman–Crippen MR) is 106 cm³/mol. The van der Waals surface area contributed by atoms with Crippen LogP contribution in [0.4, 0.5) is 10.5 Å². The van der Waals surface area contributed by atoms with Gasteiger partial charge in [0, 0.05) is 35.7 Å². The number of urea groups is 1. The van der Waals surface area contributed by atoms with Crippen molar-refractivity contribution in [2.75, 3.05) is 18.4 Å². The van der Waals surface area contributed by atoms with Crippen LogP contribution in [-0.2, 0) is 11.3 Å². The molecule has 0 radical (unpaired) electrons. The third kappa shape index (κ3) is 5.08. The molecule has 0 aromatic heterocycles. The van der Waals surface area contributed by atoms with Crippen LogP contribution < -0.4 is 10.6 Å². The summed E-state index contributed by atoms with van der Waals surface area (Å²) in [6, 6.07) is 17.3. The molecule has 1 heterocycles. The molecule has 0 aliphatic carbocycles. The highest BCUT2D eigenvalue weighted by Crippen LogP contribution is 2.20. The smallest absolute Gasteiger partial charge is 0.317 e. The van der Waals surface area contributed by atoms with Crippen LogP contribution in [0.5, 0.6) is 0 Å². The Balaban J connectivity index is 1.43. The van der Waals surface area contributed by atoms with Gasteiger partial charge in [-0.3, -0.25) is 4.79 Å². The van der Waals surface area contributed by atoms with E-state index >= 15 is 0 Å². The molecule has 3 rings (SSSR count). The maximum absolute atomic E-state index is 12.4. The van der Waals surface area contributed by atoms with E-state index in [2.05, 4.69) is 26.6 Å². The first-order valence-electron chi connectivity index (χ1n) is 8.75. The molecule has 0 saturated carbocycles. The second-order valence-corrected chi connectivity index (χ2v) is 7.32. The SMILES string of the molecule is O=C(Nc1ccc(Br)cc1)C1CCN(C(=O)NCc2ccccc2)CC1. The van der Waals surface area contributed by atoms with Crippen molar-refractivity contribution in [3.8, 4) is 0 Å². The molecular weight excluding hydrogens is 394 g/mol. The first-order valence-corrected chi connectivity index (χ1v) is 9.54. The van der Waals surface area contributed by atoms with Crippen LogP contribution >= 0.6 is 15.9 Å². The number of piperidine rings is 1. The summed E-state index contributed by atoms with van der Waals surface area (Å²) in [4.78, 5) is 26.5. The summed E-state index contributed by atoms with van der Waals surface area (Å²) < 4.78 is 0.977. The van der Waals surface area contributed by atoms with Crippen molar-refractivity contribution < 1.29 is 9.59 Å². The zero-order valence-corrected chi connectivity index (χ0v) is 16.0. The number of nitrogens with zero attached hydrogens (tertiary/aromatic N) is 1. The Bertz CT molecular complexity index is 741. The Hall–Kier alpha value is -2.34. The monoisotopic (exact) mass is 415 g/mol. The molecule has 3 amide bonds. The molecule has 1 aliphatic heterocycles. The molecule has 2 aromatic rings. The van der Waals surface area contributed by atoms with Crippen LogP contribution in [0.15, 0.2) is 59.1 Å². The maximum atomic E-state index is 12.4. The highest BCUT2D eigenvalue weighted by Gasteiger charge is 2.27. The molecule has 26 heavy (non-hydrogen) atoms. The summed E-state index contributed by atoms with van der Waals surface area (Å²) >= 11 is 3.38. The molecule has 0 atom stereocenters. The molecule has 1 fully saturated rings. The molecule has 0 unspecified atom stereocenters. The Morgan fingerprint density at radius 3 is 2.31 bits per heavy atom. The van der Waals surface area contributed by atoms with Crippen molar-refractivity contribution in [3.05, 3.63) is 64.6 Å². The summed E-state index contributed by atoms with van der Waals surface area (Å²) in [6.07, 6.45) is 1.36. The minimum atomic E-state index is -0.0689. The molecule has 6 heteroatoms. The minimum absolute atomic E-state index is 0.0247. The number of benzene rings is 2. The third-order valence-corrected chi connectivity index (χ3v) is 5.08. The van der Waals surface area contributed by atoms with Crippen molar-refractivity contribution in [2.45, 2.75) is 19.4 Å². The number of hydrogen-bond donors (Lipinski definition) is 2. The largest absolute Gasteiger partial charge is 0.334 e. The zero-order valence-electron chi connectivity index (χ0n) is 14.5. The lowest BCUT2D eigenvalue weighted by atomic mass is 9.96. The number of likely N-dealkylation sites (tertiary alicyclic amines) is 1. The van der Waals surface area contributed by atoms with Crippen LogP contribution in [0.2, 0.25) is 0 Å². The van der Waals surface area contributed by atoms with Gasteiger partial charge >= 0.3 is 6.03 Å². The minimum Gasteiger partial charge on any atom is -0.334 e. The average molecular weight is 416 g/mol. The van der Waals surface area contributed by atoms with Gasteiger partial charge in [-0.1, -0.05) is 46.3 Å².